The van der Waals surface area contributed by atoms with E-state index in [-0.39, 0.29) is 16.9 Å². The van der Waals surface area contributed by atoms with Crippen LogP contribution in [-0.2, 0) is 9.47 Å². The number of nitrogens with zero attached hydrogens (tertiary/aromatic N) is 3. The van der Waals surface area contributed by atoms with Crippen molar-refractivity contribution in [2.75, 3.05) is 26.2 Å². The molecule has 24 heavy (non-hydrogen) atoms. The molecular formula is C15H21N3O6. The normalized spacial score (nSPS) is 10.8. The molecule has 0 aliphatic heterocycles. The van der Waals surface area contributed by atoms with Gasteiger partial charge in [-0.15, -0.1) is 0 Å². The van der Waals surface area contributed by atoms with Gasteiger partial charge in [-0.1, -0.05) is 0 Å². The third kappa shape index (κ3) is 4.58. The highest BCUT2D eigenvalue weighted by Gasteiger charge is 2.27. The van der Waals surface area contributed by atoms with Crippen molar-refractivity contribution in [2.45, 2.75) is 26.4 Å². The largest absolute Gasteiger partial charge is 0.465 e. The summed E-state index contributed by atoms with van der Waals surface area (Å²) in [6.07, 6.45) is -0.670. The fourth-order valence-corrected chi connectivity index (χ4v) is 1.80. The van der Waals surface area contributed by atoms with Gasteiger partial charge in [0.2, 0.25) is 0 Å². The summed E-state index contributed by atoms with van der Waals surface area (Å²) in [6.45, 7) is 5.14. The van der Waals surface area contributed by atoms with E-state index in [1.54, 1.807) is 20.8 Å². The van der Waals surface area contributed by atoms with Crippen molar-refractivity contribution in [3.63, 3.8) is 0 Å². The maximum atomic E-state index is 12.1. The molecule has 1 aromatic carbocycles. The van der Waals surface area contributed by atoms with Crippen LogP contribution in [0.25, 0.3) is 0 Å². The summed E-state index contributed by atoms with van der Waals surface area (Å²) < 4.78 is 9.78. The number of hydrogen-bond acceptors (Lipinski definition) is 7. The zero-order valence-electron chi connectivity index (χ0n) is 14.5. The van der Waals surface area contributed by atoms with E-state index in [4.69, 9.17) is 4.74 Å². The van der Waals surface area contributed by atoms with Crippen molar-refractivity contribution in [2.24, 2.45) is 0 Å². The van der Waals surface area contributed by atoms with Crippen LogP contribution in [0.2, 0.25) is 0 Å². The second-order valence-corrected chi connectivity index (χ2v) is 5.98. The number of ether oxygens (including phenoxy) is 2. The Morgan fingerprint density at radius 2 is 1.79 bits per heavy atom. The highest BCUT2D eigenvalue weighted by molar-refractivity contribution is 5.91. The first-order valence-electron chi connectivity index (χ1n) is 7.05. The molecule has 0 saturated carbocycles. The number of anilines is 1. The number of benzene rings is 1. The van der Waals surface area contributed by atoms with Crippen LogP contribution in [0.4, 0.5) is 16.2 Å². The molecule has 0 aliphatic carbocycles. The van der Waals surface area contributed by atoms with Gasteiger partial charge in [-0.2, -0.15) is 0 Å². The number of rotatable bonds is 4. The summed E-state index contributed by atoms with van der Waals surface area (Å²) in [4.78, 5) is 34.3. The number of nitro groups is 1. The Balaban J connectivity index is 3.18. The van der Waals surface area contributed by atoms with E-state index in [1.807, 2.05) is 0 Å². The monoisotopic (exact) mass is 339 g/mol. The lowest BCUT2D eigenvalue weighted by atomic mass is 10.1. The predicted octanol–water partition coefficient (Wildman–Crippen LogP) is 2.60. The van der Waals surface area contributed by atoms with Crippen molar-refractivity contribution in [3.05, 3.63) is 33.9 Å². The zero-order valence-corrected chi connectivity index (χ0v) is 14.5. The highest BCUT2D eigenvalue weighted by atomic mass is 16.6. The highest BCUT2D eigenvalue weighted by Crippen LogP contribution is 2.29. The minimum Gasteiger partial charge on any atom is -0.465 e. The lowest BCUT2D eigenvalue weighted by Crippen LogP contribution is -2.44. The predicted molar refractivity (Wildman–Crippen MR) is 86.8 cm³/mol. The molecule has 0 bridgehead atoms. The van der Waals surface area contributed by atoms with Gasteiger partial charge >= 0.3 is 12.1 Å². The molecule has 0 atom stereocenters. The van der Waals surface area contributed by atoms with E-state index in [9.17, 15) is 19.7 Å². The summed E-state index contributed by atoms with van der Waals surface area (Å²) in [6, 6.07) is 3.85. The quantitative estimate of drug-likeness (QED) is 0.472. The fraction of sp³-hybridized carbons (Fsp3) is 0.467. The molecule has 0 spiro atoms. The Morgan fingerprint density at radius 3 is 2.25 bits per heavy atom. The molecular weight excluding hydrogens is 318 g/mol. The average Bonchev–Trinajstić information content (AvgIpc) is 2.50. The Bertz CT molecular complexity index is 653. The first kappa shape index (κ1) is 19.2. The van der Waals surface area contributed by atoms with Crippen molar-refractivity contribution in [1.82, 2.24) is 5.01 Å². The molecule has 0 N–H and O–H groups in total. The van der Waals surface area contributed by atoms with Gasteiger partial charge in [-0.05, 0) is 32.9 Å². The van der Waals surface area contributed by atoms with Gasteiger partial charge in [-0.3, -0.25) is 15.1 Å². The number of methoxy groups -OCH3 is 1. The van der Waals surface area contributed by atoms with Gasteiger partial charge in [0.1, 0.15) is 11.3 Å². The van der Waals surface area contributed by atoms with Crippen LogP contribution in [-0.4, -0.2) is 48.8 Å². The maximum Gasteiger partial charge on any atom is 0.429 e. The zero-order chi connectivity index (χ0) is 18.7. The Kier molecular flexibility index (Phi) is 5.73. The molecule has 132 valence electrons. The Hall–Kier alpha value is -2.84. The molecule has 0 heterocycles. The average molecular weight is 339 g/mol. The van der Waals surface area contributed by atoms with E-state index in [0.29, 0.717) is 0 Å². The lowest BCUT2D eigenvalue weighted by molar-refractivity contribution is -0.384. The second-order valence-electron chi connectivity index (χ2n) is 5.98. The van der Waals surface area contributed by atoms with Gasteiger partial charge in [0, 0.05) is 20.2 Å². The van der Waals surface area contributed by atoms with Gasteiger partial charge < -0.3 is 9.47 Å². The molecule has 0 aromatic heterocycles. The molecule has 0 aliphatic rings. The summed E-state index contributed by atoms with van der Waals surface area (Å²) in [5.74, 6) is -0.687. The summed E-state index contributed by atoms with van der Waals surface area (Å²) >= 11 is 0. The van der Waals surface area contributed by atoms with Crippen LogP contribution < -0.4 is 5.01 Å². The SMILES string of the molecule is COC(=O)c1ccc(N(C)N(C)C(=O)OC(C)(C)C)c([N+](=O)[O-])c1. The number of esters is 1. The summed E-state index contributed by atoms with van der Waals surface area (Å²) in [7, 11) is 4.08. The molecule has 9 heteroatoms. The van der Waals surface area contributed by atoms with Crippen LogP contribution in [0.15, 0.2) is 18.2 Å². The van der Waals surface area contributed by atoms with Gasteiger partial charge in [-0.25, -0.2) is 14.6 Å². The third-order valence-electron chi connectivity index (χ3n) is 3.05. The molecule has 1 amide bonds. The molecule has 0 saturated heterocycles. The second kappa shape index (κ2) is 7.16. The number of hydrogen-bond donors (Lipinski definition) is 0. The van der Waals surface area contributed by atoms with Gasteiger partial charge in [0.15, 0.2) is 0 Å². The molecule has 1 aromatic rings. The standard InChI is InChI=1S/C15H21N3O6/c1-15(2,3)24-14(20)17(5)16(4)11-8-7-10(13(19)23-6)9-12(11)18(21)22/h7-9H,1-6H3. The van der Waals surface area contributed by atoms with Crippen LogP contribution in [0, 0.1) is 10.1 Å². The van der Waals surface area contributed by atoms with Crippen LogP contribution in [0.1, 0.15) is 31.1 Å². The smallest absolute Gasteiger partial charge is 0.429 e. The maximum absolute atomic E-state index is 12.1. The number of carbonyl (C=O) groups excluding carboxylic acids is 2. The van der Waals surface area contributed by atoms with E-state index < -0.39 is 22.6 Å². The van der Waals surface area contributed by atoms with Crippen LogP contribution >= 0.6 is 0 Å². The fourth-order valence-electron chi connectivity index (χ4n) is 1.80. The van der Waals surface area contributed by atoms with Crippen molar-refractivity contribution >= 4 is 23.4 Å². The summed E-state index contributed by atoms with van der Waals surface area (Å²) in [5.41, 5.74) is -0.870. The first-order valence-corrected chi connectivity index (χ1v) is 7.05. The first-order chi connectivity index (χ1) is 11.0. The van der Waals surface area contributed by atoms with E-state index in [0.717, 1.165) is 11.1 Å². The molecule has 0 fully saturated rings. The molecule has 0 radical (unpaired) electrons. The van der Waals surface area contributed by atoms with Gasteiger partial charge in [0.05, 0.1) is 17.6 Å². The van der Waals surface area contributed by atoms with E-state index in [2.05, 4.69) is 4.74 Å². The van der Waals surface area contributed by atoms with Crippen LogP contribution in [0.3, 0.4) is 0 Å². The van der Waals surface area contributed by atoms with Crippen molar-refractivity contribution < 1.29 is 24.0 Å². The molecule has 0 unspecified atom stereocenters. The lowest BCUT2D eigenvalue weighted by Gasteiger charge is -2.31. The third-order valence-corrected chi connectivity index (χ3v) is 3.05. The minimum atomic E-state index is -0.702. The number of amides is 1. The topological polar surface area (TPSA) is 102 Å². The Labute approximate surface area is 139 Å². The van der Waals surface area contributed by atoms with Gasteiger partial charge in [0.25, 0.3) is 5.69 Å². The number of nitro benzene ring substituents is 1. The van der Waals surface area contributed by atoms with E-state index >= 15 is 0 Å². The molecule has 1 rings (SSSR count). The number of hydrazine groups is 1. The molecule has 9 nitrogen and oxygen atoms in total. The minimum absolute atomic E-state index is 0.0428. The van der Waals surface area contributed by atoms with Crippen molar-refractivity contribution in [3.8, 4) is 0 Å². The van der Waals surface area contributed by atoms with E-state index in [1.165, 1.54) is 38.3 Å². The number of carbonyl (C=O) groups is 2. The Morgan fingerprint density at radius 1 is 1.21 bits per heavy atom. The van der Waals surface area contributed by atoms with Crippen LogP contribution in [0.5, 0.6) is 0 Å². The van der Waals surface area contributed by atoms with Crippen molar-refractivity contribution in [1.29, 1.82) is 0 Å². The summed E-state index contributed by atoms with van der Waals surface area (Å²) in [5, 5.41) is 13.7.